The summed E-state index contributed by atoms with van der Waals surface area (Å²) in [5.74, 6) is 1.53. The Bertz CT molecular complexity index is 809. The fourth-order valence-corrected chi connectivity index (χ4v) is 3.87. The van der Waals surface area contributed by atoms with Crippen LogP contribution < -0.4 is 4.74 Å². The zero-order valence-corrected chi connectivity index (χ0v) is 18.8. The van der Waals surface area contributed by atoms with Gasteiger partial charge in [0.25, 0.3) is 0 Å². The van der Waals surface area contributed by atoms with Gasteiger partial charge in [0, 0.05) is 10.5 Å². The summed E-state index contributed by atoms with van der Waals surface area (Å²) in [6.07, 6.45) is 5.34. The summed E-state index contributed by atoms with van der Waals surface area (Å²) in [7, 11) is 0. The van der Waals surface area contributed by atoms with Gasteiger partial charge in [-0.25, -0.2) is 0 Å². The maximum atomic E-state index is 12.6. The van der Waals surface area contributed by atoms with Crippen LogP contribution in [0.25, 0.3) is 11.1 Å². The minimum Gasteiger partial charge on any atom is -0.493 e. The fraction of sp³-hybridized carbons (Fsp3) is 0.480. The average Bonchev–Trinajstić information content (AvgIpc) is 3.55. The van der Waals surface area contributed by atoms with Crippen LogP contribution in [0.1, 0.15) is 51.5 Å². The van der Waals surface area contributed by atoms with Crippen molar-refractivity contribution >= 4 is 17.7 Å². The summed E-state index contributed by atoms with van der Waals surface area (Å²) in [5, 5.41) is 0. The van der Waals surface area contributed by atoms with E-state index < -0.39 is 0 Å². The van der Waals surface area contributed by atoms with Crippen LogP contribution in [0.3, 0.4) is 0 Å². The molecule has 1 saturated carbocycles. The van der Waals surface area contributed by atoms with Gasteiger partial charge in [-0.05, 0) is 73.6 Å². The highest BCUT2D eigenvalue weighted by Crippen LogP contribution is 2.37. The third-order valence-electron chi connectivity index (χ3n) is 5.26. The van der Waals surface area contributed by atoms with Crippen LogP contribution in [0, 0.1) is 11.8 Å². The number of rotatable bonds is 10. The predicted octanol–water partition coefficient (Wildman–Crippen LogP) is 6.56. The molecule has 0 N–H and O–H groups in total. The van der Waals surface area contributed by atoms with Crippen LogP contribution in [0.5, 0.6) is 5.75 Å². The van der Waals surface area contributed by atoms with Crippen molar-refractivity contribution in [1.29, 1.82) is 0 Å². The summed E-state index contributed by atoms with van der Waals surface area (Å²) in [4.78, 5) is 13.9. The molecule has 0 saturated heterocycles. The third kappa shape index (κ3) is 6.02. The summed E-state index contributed by atoms with van der Waals surface area (Å²) >= 11 is 1.74. The van der Waals surface area contributed by atoms with Gasteiger partial charge in [-0.2, -0.15) is 0 Å². The number of benzene rings is 2. The summed E-state index contributed by atoms with van der Waals surface area (Å²) in [6.45, 7) is 7.28. The Morgan fingerprint density at radius 2 is 1.86 bits per heavy atom. The Balaban J connectivity index is 1.95. The number of hydrogen-bond acceptors (Lipinski definition) is 4. The molecule has 4 heteroatoms. The lowest BCUT2D eigenvalue weighted by Crippen LogP contribution is -2.18. The fourth-order valence-electron chi connectivity index (χ4n) is 3.46. The maximum Gasteiger partial charge on any atom is 0.313 e. The van der Waals surface area contributed by atoms with Gasteiger partial charge in [0.15, 0.2) is 0 Å². The van der Waals surface area contributed by atoms with E-state index in [0.717, 1.165) is 35.5 Å². The van der Waals surface area contributed by atoms with E-state index in [1.54, 1.807) is 11.8 Å². The Hall–Kier alpha value is -1.94. The third-order valence-corrected chi connectivity index (χ3v) is 6.00. The molecule has 1 atom stereocenters. The Labute approximate surface area is 179 Å². The molecule has 1 fully saturated rings. The number of esters is 1. The van der Waals surface area contributed by atoms with Crippen molar-refractivity contribution in [3.05, 3.63) is 48.0 Å². The number of hydrogen-bond donors (Lipinski definition) is 0. The van der Waals surface area contributed by atoms with Gasteiger partial charge in [-0.1, -0.05) is 38.1 Å². The van der Waals surface area contributed by atoms with Crippen LogP contribution in [-0.4, -0.2) is 25.4 Å². The van der Waals surface area contributed by atoms with Gasteiger partial charge in [0.2, 0.25) is 0 Å². The standard InChI is InChI=1S/C25H32O3S/c1-5-27-25(26)23(14-17(2)3)20-10-13-22(19-8-11-21(29-4)12-9-19)24(15-20)28-16-18-6-7-18/h8-13,15,17-18,23H,5-7,14,16H2,1-4H3. The smallest absolute Gasteiger partial charge is 0.313 e. The van der Waals surface area contributed by atoms with Crippen LogP contribution in [0.4, 0.5) is 0 Å². The normalized spacial score (nSPS) is 14.7. The maximum absolute atomic E-state index is 12.6. The van der Waals surface area contributed by atoms with Crippen molar-refractivity contribution in [3.8, 4) is 16.9 Å². The topological polar surface area (TPSA) is 35.5 Å². The minimum absolute atomic E-state index is 0.147. The molecule has 1 aliphatic carbocycles. The van der Waals surface area contributed by atoms with Gasteiger partial charge >= 0.3 is 5.97 Å². The molecular weight excluding hydrogens is 380 g/mol. The van der Waals surface area contributed by atoms with Crippen LogP contribution >= 0.6 is 11.8 Å². The van der Waals surface area contributed by atoms with E-state index in [1.807, 2.05) is 6.92 Å². The van der Waals surface area contributed by atoms with Crippen molar-refractivity contribution < 1.29 is 14.3 Å². The summed E-state index contributed by atoms with van der Waals surface area (Å²) in [5.41, 5.74) is 3.19. The lowest BCUT2D eigenvalue weighted by molar-refractivity contribution is -0.145. The van der Waals surface area contributed by atoms with E-state index in [-0.39, 0.29) is 11.9 Å². The first-order chi connectivity index (χ1) is 14.0. The van der Waals surface area contributed by atoms with Gasteiger partial charge in [-0.15, -0.1) is 11.8 Å². The molecule has 156 valence electrons. The van der Waals surface area contributed by atoms with Crippen LogP contribution in [0.2, 0.25) is 0 Å². The molecule has 1 aliphatic rings. The zero-order valence-electron chi connectivity index (χ0n) is 17.9. The molecule has 0 amide bonds. The minimum atomic E-state index is -0.258. The van der Waals surface area contributed by atoms with E-state index >= 15 is 0 Å². The lowest BCUT2D eigenvalue weighted by atomic mass is 9.89. The number of ether oxygens (including phenoxy) is 2. The molecule has 0 spiro atoms. The number of thioether (sulfide) groups is 1. The number of carbonyl (C=O) groups is 1. The highest BCUT2D eigenvalue weighted by molar-refractivity contribution is 7.98. The van der Waals surface area contributed by atoms with Crippen molar-refractivity contribution in [3.63, 3.8) is 0 Å². The molecule has 3 rings (SSSR count). The van der Waals surface area contributed by atoms with Crippen molar-refractivity contribution in [2.45, 2.75) is 50.8 Å². The van der Waals surface area contributed by atoms with Gasteiger partial charge in [0.1, 0.15) is 5.75 Å². The first-order valence-electron chi connectivity index (χ1n) is 10.6. The molecule has 0 radical (unpaired) electrons. The summed E-state index contributed by atoms with van der Waals surface area (Å²) in [6, 6.07) is 14.8. The van der Waals surface area contributed by atoms with E-state index in [0.29, 0.717) is 18.4 Å². The van der Waals surface area contributed by atoms with Gasteiger partial charge < -0.3 is 9.47 Å². The highest BCUT2D eigenvalue weighted by Gasteiger charge is 2.26. The van der Waals surface area contributed by atoms with Crippen LogP contribution in [-0.2, 0) is 9.53 Å². The molecule has 29 heavy (non-hydrogen) atoms. The van der Waals surface area contributed by atoms with Crippen LogP contribution in [0.15, 0.2) is 47.4 Å². The quantitative estimate of drug-likeness (QED) is 0.327. The molecule has 0 bridgehead atoms. The number of carbonyl (C=O) groups excluding carboxylic acids is 1. The second-order valence-electron chi connectivity index (χ2n) is 8.17. The molecule has 2 aromatic carbocycles. The molecule has 2 aromatic rings. The average molecular weight is 413 g/mol. The molecule has 0 aromatic heterocycles. The second-order valence-corrected chi connectivity index (χ2v) is 9.05. The van der Waals surface area contributed by atoms with E-state index in [4.69, 9.17) is 9.47 Å². The van der Waals surface area contributed by atoms with E-state index in [9.17, 15) is 4.79 Å². The lowest BCUT2D eigenvalue weighted by Gasteiger charge is -2.20. The van der Waals surface area contributed by atoms with E-state index in [1.165, 1.54) is 17.7 Å². The molecule has 0 aliphatic heterocycles. The highest BCUT2D eigenvalue weighted by atomic mass is 32.2. The molecular formula is C25H32O3S. The Morgan fingerprint density at radius 3 is 2.45 bits per heavy atom. The largest absolute Gasteiger partial charge is 0.493 e. The second kappa shape index (κ2) is 10.2. The van der Waals surface area contributed by atoms with Crippen molar-refractivity contribution in [2.75, 3.05) is 19.5 Å². The monoisotopic (exact) mass is 412 g/mol. The van der Waals surface area contributed by atoms with Gasteiger partial charge in [-0.3, -0.25) is 4.79 Å². The zero-order chi connectivity index (χ0) is 20.8. The van der Waals surface area contributed by atoms with E-state index in [2.05, 4.69) is 62.6 Å². The first-order valence-corrected chi connectivity index (χ1v) is 11.8. The SMILES string of the molecule is CCOC(=O)C(CC(C)C)c1ccc(-c2ccc(SC)cc2)c(OCC2CC2)c1. The molecule has 0 heterocycles. The summed E-state index contributed by atoms with van der Waals surface area (Å²) < 4.78 is 11.6. The molecule has 1 unspecified atom stereocenters. The Kier molecular flexibility index (Phi) is 7.65. The Morgan fingerprint density at radius 1 is 1.14 bits per heavy atom. The first kappa shape index (κ1) is 21.8. The predicted molar refractivity (Wildman–Crippen MR) is 121 cm³/mol. The van der Waals surface area contributed by atoms with Crippen molar-refractivity contribution in [1.82, 2.24) is 0 Å². The molecule has 3 nitrogen and oxygen atoms in total. The van der Waals surface area contributed by atoms with Gasteiger partial charge in [0.05, 0.1) is 19.1 Å². The van der Waals surface area contributed by atoms with Crippen molar-refractivity contribution in [2.24, 2.45) is 11.8 Å².